The number of hydrogen-bond acceptors (Lipinski definition) is 5. The Balaban J connectivity index is 0.00000392. The first-order valence-electron chi connectivity index (χ1n) is 9.74. The van der Waals surface area contributed by atoms with Crippen molar-refractivity contribution in [1.29, 1.82) is 0 Å². The van der Waals surface area contributed by atoms with E-state index in [0.717, 1.165) is 83.3 Å². The third-order valence-corrected chi connectivity index (χ3v) is 4.46. The van der Waals surface area contributed by atoms with Gasteiger partial charge in [0.05, 0.1) is 18.1 Å². The molecule has 0 aromatic heterocycles. The molecule has 0 aliphatic carbocycles. The minimum atomic E-state index is -0.368. The number of unbranched alkanes of at least 4 members (excludes halogenated alkanes) is 1. The summed E-state index contributed by atoms with van der Waals surface area (Å²) in [5.41, 5.74) is 1.27. The Labute approximate surface area is 184 Å². The van der Waals surface area contributed by atoms with Crippen molar-refractivity contribution in [2.24, 2.45) is 4.99 Å². The van der Waals surface area contributed by atoms with Crippen molar-refractivity contribution in [3.63, 3.8) is 0 Å². The average molecular weight is 505 g/mol. The number of nitrogens with zero attached hydrogens (tertiary/aromatic N) is 3. The second-order valence-corrected chi connectivity index (χ2v) is 6.52. The van der Waals surface area contributed by atoms with Crippen LogP contribution in [0.2, 0.25) is 0 Å². The molecular weight excluding hydrogens is 473 g/mol. The van der Waals surface area contributed by atoms with E-state index in [1.54, 1.807) is 12.1 Å². The summed E-state index contributed by atoms with van der Waals surface area (Å²) in [7, 11) is 0. The molecule has 0 atom stereocenters. The summed E-state index contributed by atoms with van der Waals surface area (Å²) in [5.74, 6) is 0.862. The predicted molar refractivity (Wildman–Crippen MR) is 123 cm³/mol. The lowest BCUT2D eigenvalue weighted by Gasteiger charge is -2.26. The van der Waals surface area contributed by atoms with Gasteiger partial charge in [0.2, 0.25) is 0 Å². The van der Waals surface area contributed by atoms with E-state index < -0.39 is 0 Å². The van der Waals surface area contributed by atoms with E-state index in [9.17, 15) is 10.1 Å². The van der Waals surface area contributed by atoms with Crippen LogP contribution in [0.3, 0.4) is 0 Å². The molecule has 2 rings (SSSR count). The van der Waals surface area contributed by atoms with Crippen LogP contribution >= 0.6 is 24.0 Å². The van der Waals surface area contributed by atoms with E-state index in [-0.39, 0.29) is 34.6 Å². The maximum atomic E-state index is 10.7. The molecule has 1 aliphatic heterocycles. The molecule has 9 heteroatoms. The molecule has 28 heavy (non-hydrogen) atoms. The highest BCUT2D eigenvalue weighted by atomic mass is 127. The molecule has 0 bridgehead atoms. The topological polar surface area (TPSA) is 92.0 Å². The monoisotopic (exact) mass is 505 g/mol. The number of non-ortho nitro benzene ring substituents is 1. The van der Waals surface area contributed by atoms with Crippen molar-refractivity contribution in [3.8, 4) is 0 Å². The van der Waals surface area contributed by atoms with E-state index in [1.807, 2.05) is 12.1 Å². The van der Waals surface area contributed by atoms with E-state index >= 15 is 0 Å². The number of aryl methyl sites for hydroxylation is 1. The van der Waals surface area contributed by atoms with Gasteiger partial charge < -0.3 is 15.4 Å². The number of rotatable bonds is 10. The molecule has 8 nitrogen and oxygen atoms in total. The summed E-state index contributed by atoms with van der Waals surface area (Å²) in [6.07, 6.45) is 2.90. The first kappa shape index (κ1) is 24.6. The quantitative estimate of drug-likeness (QED) is 0.127. The van der Waals surface area contributed by atoms with Gasteiger partial charge in [0.1, 0.15) is 0 Å². The van der Waals surface area contributed by atoms with Crippen LogP contribution in [0.4, 0.5) is 5.69 Å². The molecule has 1 saturated heterocycles. The molecule has 0 saturated carbocycles. The van der Waals surface area contributed by atoms with Gasteiger partial charge in [0.15, 0.2) is 5.96 Å². The van der Waals surface area contributed by atoms with Gasteiger partial charge in [0, 0.05) is 51.4 Å². The van der Waals surface area contributed by atoms with Crippen LogP contribution in [0.15, 0.2) is 29.3 Å². The Morgan fingerprint density at radius 3 is 2.57 bits per heavy atom. The summed E-state index contributed by atoms with van der Waals surface area (Å²) in [6.45, 7) is 9.17. The minimum absolute atomic E-state index is 0. The molecule has 1 aromatic carbocycles. The van der Waals surface area contributed by atoms with Crippen molar-refractivity contribution in [3.05, 3.63) is 39.9 Å². The summed E-state index contributed by atoms with van der Waals surface area (Å²) in [5, 5.41) is 17.3. The molecule has 0 radical (unpaired) electrons. The van der Waals surface area contributed by atoms with E-state index in [2.05, 4.69) is 27.4 Å². The van der Waals surface area contributed by atoms with Crippen LogP contribution in [-0.2, 0) is 11.2 Å². The van der Waals surface area contributed by atoms with Crippen LogP contribution in [0, 0.1) is 10.1 Å². The normalized spacial score (nSPS) is 15.0. The highest BCUT2D eigenvalue weighted by Crippen LogP contribution is 2.13. The zero-order valence-electron chi connectivity index (χ0n) is 16.6. The van der Waals surface area contributed by atoms with Crippen molar-refractivity contribution in [1.82, 2.24) is 15.5 Å². The Kier molecular flexibility index (Phi) is 12.8. The maximum absolute atomic E-state index is 10.7. The third-order valence-electron chi connectivity index (χ3n) is 4.46. The Morgan fingerprint density at radius 1 is 1.21 bits per heavy atom. The predicted octanol–water partition coefficient (Wildman–Crippen LogP) is 2.42. The Bertz CT molecular complexity index is 592. The third kappa shape index (κ3) is 9.65. The lowest BCUT2D eigenvalue weighted by atomic mass is 10.1. The van der Waals surface area contributed by atoms with Gasteiger partial charge in [0.25, 0.3) is 5.69 Å². The lowest BCUT2D eigenvalue weighted by Crippen LogP contribution is -2.44. The van der Waals surface area contributed by atoms with Crippen LogP contribution < -0.4 is 10.6 Å². The molecule has 1 heterocycles. The number of nitro groups is 1. The standard InChI is InChI=1S/C19H31N5O3.HI/c1-2-20-19(22-11-12-23-13-15-27-16-14-23)21-10-4-3-5-17-6-8-18(9-7-17)24(25)26;/h6-9H,2-5,10-16H2,1H3,(H2,20,21,22);1H. The smallest absolute Gasteiger partial charge is 0.269 e. The SMILES string of the molecule is CCNC(=NCCCCc1ccc([N+](=O)[O-])cc1)NCCN1CCOCC1.I. The largest absolute Gasteiger partial charge is 0.379 e. The fraction of sp³-hybridized carbons (Fsp3) is 0.632. The van der Waals surface area contributed by atoms with Gasteiger partial charge in [-0.15, -0.1) is 24.0 Å². The molecule has 158 valence electrons. The van der Waals surface area contributed by atoms with Gasteiger partial charge >= 0.3 is 0 Å². The van der Waals surface area contributed by atoms with Crippen molar-refractivity contribution < 1.29 is 9.66 Å². The number of benzene rings is 1. The molecule has 0 unspecified atom stereocenters. The van der Waals surface area contributed by atoms with Crippen LogP contribution in [0.1, 0.15) is 25.3 Å². The van der Waals surface area contributed by atoms with Crippen LogP contribution in [-0.4, -0.2) is 68.3 Å². The summed E-state index contributed by atoms with van der Waals surface area (Å²) < 4.78 is 5.36. The Morgan fingerprint density at radius 2 is 1.93 bits per heavy atom. The van der Waals surface area contributed by atoms with Crippen LogP contribution in [0.5, 0.6) is 0 Å². The number of morpholine rings is 1. The van der Waals surface area contributed by atoms with Crippen molar-refractivity contribution in [2.45, 2.75) is 26.2 Å². The number of aliphatic imine (C=N–C) groups is 1. The number of nitro benzene ring substituents is 1. The minimum Gasteiger partial charge on any atom is -0.379 e. The molecular formula is C19H32IN5O3. The van der Waals surface area contributed by atoms with Crippen molar-refractivity contribution >= 4 is 35.6 Å². The molecule has 1 aromatic rings. The second-order valence-electron chi connectivity index (χ2n) is 6.52. The van der Waals surface area contributed by atoms with Gasteiger partial charge in [-0.2, -0.15) is 0 Å². The maximum Gasteiger partial charge on any atom is 0.269 e. The molecule has 1 fully saturated rings. The molecule has 0 amide bonds. The second kappa shape index (κ2) is 14.5. The fourth-order valence-corrected chi connectivity index (χ4v) is 2.92. The Hall–Kier alpha value is -1.46. The fourth-order valence-electron chi connectivity index (χ4n) is 2.92. The first-order chi connectivity index (χ1) is 13.2. The highest BCUT2D eigenvalue weighted by Gasteiger charge is 2.09. The lowest BCUT2D eigenvalue weighted by molar-refractivity contribution is -0.384. The molecule has 0 spiro atoms. The number of ether oxygens (including phenoxy) is 1. The zero-order chi connectivity index (χ0) is 19.3. The molecule has 1 aliphatic rings. The first-order valence-corrected chi connectivity index (χ1v) is 9.74. The van der Waals surface area contributed by atoms with E-state index in [0.29, 0.717) is 0 Å². The number of halogens is 1. The number of nitrogens with one attached hydrogen (secondary N) is 2. The van der Waals surface area contributed by atoms with Crippen molar-refractivity contribution in [2.75, 3.05) is 52.5 Å². The highest BCUT2D eigenvalue weighted by molar-refractivity contribution is 14.0. The molecule has 2 N–H and O–H groups in total. The van der Waals surface area contributed by atoms with Crippen LogP contribution in [0.25, 0.3) is 0 Å². The van der Waals surface area contributed by atoms with Gasteiger partial charge in [-0.3, -0.25) is 20.0 Å². The van der Waals surface area contributed by atoms with Gasteiger partial charge in [-0.1, -0.05) is 12.1 Å². The van der Waals surface area contributed by atoms with Gasteiger partial charge in [-0.05, 0) is 31.7 Å². The number of guanidine groups is 1. The summed E-state index contributed by atoms with van der Waals surface area (Å²) in [6, 6.07) is 6.79. The summed E-state index contributed by atoms with van der Waals surface area (Å²) >= 11 is 0. The number of hydrogen-bond donors (Lipinski definition) is 2. The average Bonchev–Trinajstić information content (AvgIpc) is 2.69. The zero-order valence-corrected chi connectivity index (χ0v) is 18.9. The van der Waals surface area contributed by atoms with E-state index in [1.165, 1.54) is 0 Å². The summed E-state index contributed by atoms with van der Waals surface area (Å²) in [4.78, 5) is 17.3. The van der Waals surface area contributed by atoms with Gasteiger partial charge in [-0.25, -0.2) is 0 Å². The van der Waals surface area contributed by atoms with E-state index in [4.69, 9.17) is 4.74 Å².